The summed E-state index contributed by atoms with van der Waals surface area (Å²) < 4.78 is 15.1. The summed E-state index contributed by atoms with van der Waals surface area (Å²) in [7, 11) is 1.77. The fourth-order valence-corrected chi connectivity index (χ4v) is 3.05. The number of hydrogen-bond acceptors (Lipinski definition) is 3. The minimum Gasteiger partial charge on any atom is -0.386 e. The maximum Gasteiger partial charge on any atom is 0.230 e. The molecule has 1 aromatic carbocycles. The van der Waals surface area contributed by atoms with Gasteiger partial charge in [-0.15, -0.1) is 0 Å². The molecule has 1 aliphatic rings. The molecule has 122 valence electrons. The van der Waals surface area contributed by atoms with E-state index in [9.17, 15) is 14.3 Å². The smallest absolute Gasteiger partial charge is 0.230 e. The molecule has 1 aromatic heterocycles. The van der Waals surface area contributed by atoms with E-state index in [-0.39, 0.29) is 18.3 Å². The zero-order chi connectivity index (χ0) is 16.4. The SMILES string of the molecule is Cn1cc(C(O)CNC(=O)C2(c3cccc(F)c3)CCC2)cn1. The van der Waals surface area contributed by atoms with Gasteiger partial charge in [0.1, 0.15) is 5.82 Å². The van der Waals surface area contributed by atoms with E-state index in [4.69, 9.17) is 0 Å². The molecule has 1 heterocycles. The molecular formula is C17H20FN3O2. The van der Waals surface area contributed by atoms with E-state index < -0.39 is 11.5 Å². The van der Waals surface area contributed by atoms with Crippen LogP contribution in [0.15, 0.2) is 36.7 Å². The summed E-state index contributed by atoms with van der Waals surface area (Å²) in [6, 6.07) is 6.22. The van der Waals surface area contributed by atoms with Crippen molar-refractivity contribution in [1.29, 1.82) is 0 Å². The summed E-state index contributed by atoms with van der Waals surface area (Å²) in [5.41, 5.74) is 0.690. The number of amides is 1. The Morgan fingerprint density at radius 1 is 1.52 bits per heavy atom. The lowest BCUT2D eigenvalue weighted by atomic mass is 9.63. The number of aliphatic hydroxyl groups excluding tert-OH is 1. The van der Waals surface area contributed by atoms with Gasteiger partial charge in [0.05, 0.1) is 17.7 Å². The van der Waals surface area contributed by atoms with Gasteiger partial charge in [0.15, 0.2) is 0 Å². The minimum absolute atomic E-state index is 0.113. The number of nitrogens with zero attached hydrogens (tertiary/aromatic N) is 2. The highest BCUT2D eigenvalue weighted by Gasteiger charge is 2.45. The van der Waals surface area contributed by atoms with Gasteiger partial charge in [-0.05, 0) is 30.5 Å². The molecule has 0 radical (unpaired) electrons. The molecule has 6 heteroatoms. The summed E-state index contributed by atoms with van der Waals surface area (Å²) in [5, 5.41) is 16.9. The Kier molecular flexibility index (Phi) is 4.17. The molecular weight excluding hydrogens is 297 g/mol. The maximum absolute atomic E-state index is 13.5. The van der Waals surface area contributed by atoms with Crippen molar-refractivity contribution in [3.8, 4) is 0 Å². The Morgan fingerprint density at radius 3 is 2.87 bits per heavy atom. The molecule has 1 fully saturated rings. The third-order valence-corrected chi connectivity index (χ3v) is 4.58. The van der Waals surface area contributed by atoms with Gasteiger partial charge in [-0.2, -0.15) is 5.10 Å². The van der Waals surface area contributed by atoms with E-state index in [0.29, 0.717) is 24.0 Å². The second-order valence-corrected chi connectivity index (χ2v) is 6.12. The second kappa shape index (κ2) is 6.12. The molecule has 1 aliphatic carbocycles. The van der Waals surface area contributed by atoms with Gasteiger partial charge in [0.25, 0.3) is 0 Å². The maximum atomic E-state index is 13.5. The van der Waals surface area contributed by atoms with Crippen LogP contribution < -0.4 is 5.32 Å². The predicted octanol–water partition coefficient (Wildman–Crippen LogP) is 1.83. The van der Waals surface area contributed by atoms with Gasteiger partial charge in [0.2, 0.25) is 5.91 Å². The average molecular weight is 317 g/mol. The van der Waals surface area contributed by atoms with Gasteiger partial charge in [-0.25, -0.2) is 4.39 Å². The third-order valence-electron chi connectivity index (χ3n) is 4.58. The molecule has 1 unspecified atom stereocenters. The number of rotatable bonds is 5. The number of aromatic nitrogens is 2. The standard InChI is InChI=1S/C17H20FN3O2/c1-21-11-12(9-20-21)15(22)10-19-16(23)17(6-3-7-17)13-4-2-5-14(18)8-13/h2,4-5,8-9,11,15,22H,3,6-7,10H2,1H3,(H,19,23). The second-order valence-electron chi connectivity index (χ2n) is 6.12. The largest absolute Gasteiger partial charge is 0.386 e. The molecule has 2 aromatic rings. The van der Waals surface area contributed by atoms with Crippen LogP contribution in [0.25, 0.3) is 0 Å². The Hall–Kier alpha value is -2.21. The minimum atomic E-state index is -0.808. The Labute approximate surface area is 134 Å². The van der Waals surface area contributed by atoms with Crippen LogP contribution in [0.4, 0.5) is 4.39 Å². The van der Waals surface area contributed by atoms with Gasteiger partial charge in [-0.1, -0.05) is 18.6 Å². The number of aryl methyl sites for hydroxylation is 1. The molecule has 0 spiro atoms. The summed E-state index contributed by atoms with van der Waals surface area (Å²) in [4.78, 5) is 12.6. The van der Waals surface area contributed by atoms with Crippen LogP contribution in [-0.2, 0) is 17.3 Å². The van der Waals surface area contributed by atoms with Crippen molar-refractivity contribution in [2.75, 3.05) is 6.54 Å². The molecule has 0 bridgehead atoms. The van der Waals surface area contributed by atoms with Crippen LogP contribution in [0.2, 0.25) is 0 Å². The topological polar surface area (TPSA) is 67.2 Å². The van der Waals surface area contributed by atoms with Crippen molar-refractivity contribution in [1.82, 2.24) is 15.1 Å². The lowest BCUT2D eigenvalue weighted by molar-refractivity contribution is -0.130. The van der Waals surface area contributed by atoms with Gasteiger partial charge in [0, 0.05) is 25.4 Å². The van der Waals surface area contributed by atoms with Crippen LogP contribution in [0, 0.1) is 5.82 Å². The lowest BCUT2D eigenvalue weighted by Gasteiger charge is -2.40. The van der Waals surface area contributed by atoms with Crippen LogP contribution in [-0.4, -0.2) is 27.3 Å². The molecule has 5 nitrogen and oxygen atoms in total. The first kappa shape index (κ1) is 15.7. The van der Waals surface area contributed by atoms with Crippen molar-refractivity contribution in [2.24, 2.45) is 7.05 Å². The van der Waals surface area contributed by atoms with Crippen LogP contribution in [0.3, 0.4) is 0 Å². The summed E-state index contributed by atoms with van der Waals surface area (Å²) in [6.07, 6.45) is 4.81. The van der Waals surface area contributed by atoms with Crippen molar-refractivity contribution in [3.05, 3.63) is 53.6 Å². The van der Waals surface area contributed by atoms with Crippen molar-refractivity contribution >= 4 is 5.91 Å². The normalized spacial score (nSPS) is 17.3. The molecule has 23 heavy (non-hydrogen) atoms. The first-order chi connectivity index (χ1) is 11.0. The Bertz CT molecular complexity index is 709. The van der Waals surface area contributed by atoms with Gasteiger partial charge in [-0.3, -0.25) is 9.48 Å². The number of carbonyl (C=O) groups is 1. The summed E-state index contributed by atoms with van der Waals surface area (Å²) in [6.45, 7) is 0.113. The first-order valence-corrected chi connectivity index (χ1v) is 7.72. The fraction of sp³-hybridized carbons (Fsp3) is 0.412. The van der Waals surface area contributed by atoms with Crippen molar-refractivity contribution in [3.63, 3.8) is 0 Å². The van der Waals surface area contributed by atoms with E-state index in [1.807, 2.05) is 0 Å². The molecule has 0 saturated heterocycles. The van der Waals surface area contributed by atoms with Crippen molar-refractivity contribution in [2.45, 2.75) is 30.8 Å². The number of hydrogen-bond donors (Lipinski definition) is 2. The molecule has 1 amide bonds. The number of carbonyl (C=O) groups excluding carboxylic acids is 1. The summed E-state index contributed by atoms with van der Waals surface area (Å²) >= 11 is 0. The van der Waals surface area contributed by atoms with Gasteiger partial charge < -0.3 is 10.4 Å². The number of halogens is 1. The van der Waals surface area contributed by atoms with E-state index in [2.05, 4.69) is 10.4 Å². The van der Waals surface area contributed by atoms with E-state index in [1.54, 1.807) is 36.3 Å². The highest BCUT2D eigenvalue weighted by molar-refractivity contribution is 5.89. The first-order valence-electron chi connectivity index (χ1n) is 7.72. The predicted molar refractivity (Wildman–Crippen MR) is 83.1 cm³/mol. The number of aliphatic hydroxyl groups is 1. The fourth-order valence-electron chi connectivity index (χ4n) is 3.05. The zero-order valence-corrected chi connectivity index (χ0v) is 13.0. The number of benzene rings is 1. The lowest BCUT2D eigenvalue weighted by Crippen LogP contribution is -2.50. The highest BCUT2D eigenvalue weighted by Crippen LogP contribution is 2.44. The monoisotopic (exact) mass is 317 g/mol. The molecule has 0 aliphatic heterocycles. The zero-order valence-electron chi connectivity index (χ0n) is 13.0. The molecule has 2 N–H and O–H groups in total. The van der Waals surface area contributed by atoms with Crippen LogP contribution in [0.1, 0.15) is 36.5 Å². The summed E-state index contributed by atoms with van der Waals surface area (Å²) in [5.74, 6) is -0.491. The quantitative estimate of drug-likeness (QED) is 0.884. The molecule has 3 rings (SSSR count). The van der Waals surface area contributed by atoms with Gasteiger partial charge >= 0.3 is 0 Å². The Balaban J connectivity index is 1.69. The van der Waals surface area contributed by atoms with Crippen molar-refractivity contribution < 1.29 is 14.3 Å². The van der Waals surface area contributed by atoms with E-state index in [1.165, 1.54) is 12.1 Å². The molecule has 1 saturated carbocycles. The number of nitrogens with one attached hydrogen (secondary N) is 1. The van der Waals surface area contributed by atoms with Crippen LogP contribution >= 0.6 is 0 Å². The third kappa shape index (κ3) is 2.99. The average Bonchev–Trinajstić information content (AvgIpc) is 2.90. The highest BCUT2D eigenvalue weighted by atomic mass is 19.1. The molecule has 1 atom stereocenters. The van der Waals surface area contributed by atoms with E-state index >= 15 is 0 Å². The van der Waals surface area contributed by atoms with E-state index in [0.717, 1.165) is 6.42 Å². The van der Waals surface area contributed by atoms with Crippen LogP contribution in [0.5, 0.6) is 0 Å². The Morgan fingerprint density at radius 2 is 2.30 bits per heavy atom.